The number of nitrogen functional groups attached to an aromatic ring is 1. The number of hydrogen-bond acceptors (Lipinski definition) is 9. The first-order valence-corrected chi connectivity index (χ1v) is 11.5. The number of anilines is 1. The second-order valence-corrected chi connectivity index (χ2v) is 8.96. The Kier molecular flexibility index (Phi) is 11.3. The number of carbonyl (C=O) groups is 2. The highest BCUT2D eigenvalue weighted by atomic mass is 79.9. The van der Waals surface area contributed by atoms with E-state index in [0.29, 0.717) is 25.9 Å². The van der Waals surface area contributed by atoms with Crippen LogP contribution in [-0.4, -0.2) is 43.3 Å². The Bertz CT molecular complexity index is 1030. The molecule has 0 bridgehead atoms. The molecule has 0 atom stereocenters. The van der Waals surface area contributed by atoms with Gasteiger partial charge < -0.3 is 24.7 Å². The normalized spacial score (nSPS) is 10.3. The second kappa shape index (κ2) is 13.1. The maximum absolute atomic E-state index is 11.7. The Balaban J connectivity index is 0.000000342. The van der Waals surface area contributed by atoms with E-state index in [1.54, 1.807) is 33.8 Å². The van der Waals surface area contributed by atoms with Gasteiger partial charge in [-0.3, -0.25) is 10.1 Å². The van der Waals surface area contributed by atoms with Gasteiger partial charge in [-0.05, 0) is 77.8 Å². The summed E-state index contributed by atoms with van der Waals surface area (Å²) in [7, 11) is 2.84. The zero-order valence-corrected chi connectivity index (χ0v) is 22.7. The molecule has 0 fully saturated rings. The molecule has 0 radical (unpaired) electrons. The van der Waals surface area contributed by atoms with Gasteiger partial charge in [0.1, 0.15) is 0 Å². The number of nitrogens with two attached hydrogens (primary N) is 1. The van der Waals surface area contributed by atoms with Gasteiger partial charge in [-0.2, -0.15) is 0 Å². The zero-order valence-electron chi connectivity index (χ0n) is 19.5. The van der Waals surface area contributed by atoms with Crippen LogP contribution in [0.15, 0.2) is 33.2 Å². The van der Waals surface area contributed by atoms with Gasteiger partial charge in [0.25, 0.3) is 0 Å². The smallest absolute Gasteiger partial charge is 0.338 e. The van der Waals surface area contributed by atoms with Gasteiger partial charge in [-0.25, -0.2) is 9.59 Å². The van der Waals surface area contributed by atoms with E-state index < -0.39 is 16.9 Å². The highest BCUT2D eigenvalue weighted by Gasteiger charge is 2.23. The van der Waals surface area contributed by atoms with Crippen LogP contribution in [0.25, 0.3) is 0 Å². The zero-order chi connectivity index (χ0) is 26.2. The fraction of sp³-hybridized carbons (Fsp3) is 0.364. The van der Waals surface area contributed by atoms with Crippen molar-refractivity contribution in [2.24, 2.45) is 0 Å². The topological polar surface area (TPSA) is 140 Å². The molecule has 2 aromatic rings. The van der Waals surface area contributed by atoms with E-state index in [0.717, 1.165) is 6.07 Å². The van der Waals surface area contributed by atoms with Crippen LogP contribution in [0, 0.1) is 10.1 Å². The number of hydrogen-bond donors (Lipinski definition) is 1. The van der Waals surface area contributed by atoms with E-state index in [1.807, 2.05) is 0 Å². The highest BCUT2D eigenvalue weighted by molar-refractivity contribution is 9.11. The van der Waals surface area contributed by atoms with Gasteiger partial charge >= 0.3 is 17.6 Å². The van der Waals surface area contributed by atoms with Crippen LogP contribution in [0.5, 0.6) is 11.5 Å². The first kappa shape index (κ1) is 29.2. The summed E-state index contributed by atoms with van der Waals surface area (Å²) in [5.41, 5.74) is 6.35. The molecule has 0 saturated carbocycles. The van der Waals surface area contributed by atoms with Crippen LogP contribution in [-0.2, 0) is 9.47 Å². The number of carbonyl (C=O) groups excluding carboxylic acids is 2. The van der Waals surface area contributed by atoms with Crippen molar-refractivity contribution < 1.29 is 33.5 Å². The summed E-state index contributed by atoms with van der Waals surface area (Å²) >= 11 is 6.40. The third-order valence-corrected chi connectivity index (χ3v) is 5.04. The van der Waals surface area contributed by atoms with Gasteiger partial charge in [-0.1, -0.05) is 0 Å². The SMILES string of the molecule is COc1c(Br)cc(C(=O)OC(C)C)cc1[N+](=O)[O-].COc1c(N)cc(C(=O)OC(C)C)cc1Br. The number of esters is 2. The van der Waals surface area contributed by atoms with E-state index in [4.69, 9.17) is 24.7 Å². The molecule has 2 N–H and O–H groups in total. The molecule has 0 spiro atoms. The molecular formula is C22H26Br2N2O8. The minimum absolute atomic E-state index is 0.0705. The molecule has 2 aromatic carbocycles. The monoisotopic (exact) mass is 604 g/mol. The highest BCUT2D eigenvalue weighted by Crippen LogP contribution is 2.36. The second-order valence-electron chi connectivity index (χ2n) is 7.26. The minimum atomic E-state index is -0.615. The molecule has 0 heterocycles. The molecule has 10 nitrogen and oxygen atoms in total. The molecule has 12 heteroatoms. The molecule has 0 saturated heterocycles. The summed E-state index contributed by atoms with van der Waals surface area (Å²) in [5.74, 6) is -0.427. The van der Waals surface area contributed by atoms with Crippen molar-refractivity contribution in [1.82, 2.24) is 0 Å². The fourth-order valence-corrected chi connectivity index (χ4v) is 3.80. The molecular weight excluding hydrogens is 580 g/mol. The summed E-state index contributed by atoms with van der Waals surface area (Å²) in [5, 5.41) is 10.9. The van der Waals surface area contributed by atoms with Crippen LogP contribution < -0.4 is 15.2 Å². The number of benzene rings is 2. The third kappa shape index (κ3) is 8.17. The molecule has 0 aliphatic rings. The Morgan fingerprint density at radius 1 is 0.853 bits per heavy atom. The fourth-order valence-electron chi connectivity index (χ4n) is 2.55. The molecule has 34 heavy (non-hydrogen) atoms. The predicted octanol–water partition coefficient (Wildman–Crippen LogP) is 5.54. The number of methoxy groups -OCH3 is 2. The molecule has 186 valence electrons. The largest absolute Gasteiger partial charge is 0.493 e. The first-order chi connectivity index (χ1) is 15.8. The molecule has 0 aliphatic carbocycles. The number of nitrogens with zero attached hydrogens (tertiary/aromatic N) is 1. The summed E-state index contributed by atoms with van der Waals surface area (Å²) < 4.78 is 21.0. The lowest BCUT2D eigenvalue weighted by Crippen LogP contribution is -2.12. The summed E-state index contributed by atoms with van der Waals surface area (Å²) in [4.78, 5) is 33.6. The average Bonchev–Trinajstić information content (AvgIpc) is 2.72. The van der Waals surface area contributed by atoms with Gasteiger partial charge in [0.2, 0.25) is 5.75 Å². The predicted molar refractivity (Wildman–Crippen MR) is 134 cm³/mol. The van der Waals surface area contributed by atoms with Crippen LogP contribution in [0.4, 0.5) is 11.4 Å². The molecule has 2 rings (SSSR count). The van der Waals surface area contributed by atoms with E-state index in [1.165, 1.54) is 26.4 Å². The van der Waals surface area contributed by atoms with E-state index in [9.17, 15) is 19.7 Å². The van der Waals surface area contributed by atoms with Crippen LogP contribution in [0.1, 0.15) is 48.4 Å². The van der Waals surface area contributed by atoms with E-state index >= 15 is 0 Å². The number of nitro groups is 1. The van der Waals surface area contributed by atoms with Crippen molar-refractivity contribution in [3.05, 3.63) is 54.5 Å². The van der Waals surface area contributed by atoms with Crippen molar-refractivity contribution in [1.29, 1.82) is 0 Å². The Labute approximate surface area is 214 Å². The van der Waals surface area contributed by atoms with Crippen LogP contribution >= 0.6 is 31.9 Å². The summed E-state index contributed by atoms with van der Waals surface area (Å²) in [6.07, 6.45) is -0.452. The average molecular weight is 606 g/mol. The molecule has 0 amide bonds. The van der Waals surface area contributed by atoms with Gasteiger partial charge in [0, 0.05) is 6.07 Å². The standard InChI is InChI=1S/C11H12BrNO5.C11H14BrNO3/c1-6(2)18-11(14)7-4-8(12)10(17-3)9(5-7)13(15)16;1-6(2)16-11(14)7-4-8(12)10(15-3)9(13)5-7/h4-6H,1-3H3;4-6H,13H2,1-3H3. The molecule has 0 aromatic heterocycles. The van der Waals surface area contributed by atoms with E-state index in [-0.39, 0.29) is 29.2 Å². The quantitative estimate of drug-likeness (QED) is 0.186. The lowest BCUT2D eigenvalue weighted by atomic mass is 10.2. The van der Waals surface area contributed by atoms with Crippen molar-refractivity contribution in [3.8, 4) is 11.5 Å². The first-order valence-electron chi connectivity index (χ1n) is 9.89. The van der Waals surface area contributed by atoms with Crippen molar-refractivity contribution >= 4 is 55.2 Å². The molecule has 0 aliphatic heterocycles. The number of halogens is 2. The molecule has 0 unspecified atom stereocenters. The third-order valence-electron chi connectivity index (χ3n) is 3.86. The summed E-state index contributed by atoms with van der Waals surface area (Å²) in [6.45, 7) is 6.98. The van der Waals surface area contributed by atoms with E-state index in [2.05, 4.69) is 31.9 Å². The van der Waals surface area contributed by atoms with Crippen molar-refractivity contribution in [2.45, 2.75) is 39.9 Å². The summed E-state index contributed by atoms with van der Waals surface area (Å²) in [6, 6.07) is 5.72. The maximum atomic E-state index is 11.7. The van der Waals surface area contributed by atoms with Gasteiger partial charge in [0.05, 0.1) is 57.1 Å². The van der Waals surface area contributed by atoms with Crippen molar-refractivity contribution in [3.63, 3.8) is 0 Å². The van der Waals surface area contributed by atoms with Crippen LogP contribution in [0.2, 0.25) is 0 Å². The van der Waals surface area contributed by atoms with Crippen molar-refractivity contribution in [2.75, 3.05) is 20.0 Å². The Morgan fingerprint density at radius 3 is 1.62 bits per heavy atom. The number of nitro benzene ring substituents is 1. The maximum Gasteiger partial charge on any atom is 0.338 e. The van der Waals surface area contributed by atoms with Crippen LogP contribution in [0.3, 0.4) is 0 Å². The van der Waals surface area contributed by atoms with Gasteiger partial charge in [-0.15, -0.1) is 0 Å². The lowest BCUT2D eigenvalue weighted by molar-refractivity contribution is -0.385. The lowest BCUT2D eigenvalue weighted by Gasteiger charge is -2.11. The van der Waals surface area contributed by atoms with Gasteiger partial charge in [0.15, 0.2) is 5.75 Å². The number of rotatable bonds is 7. The minimum Gasteiger partial charge on any atom is -0.493 e. The Hall–Kier alpha value is -2.86. The Morgan fingerprint density at radius 2 is 1.26 bits per heavy atom. The number of ether oxygens (including phenoxy) is 4.